The Kier molecular flexibility index (Phi) is 5.50. The zero-order valence-electron chi connectivity index (χ0n) is 12.4. The normalized spacial score (nSPS) is 34.3. The highest BCUT2D eigenvalue weighted by Gasteiger charge is 2.32. The van der Waals surface area contributed by atoms with Gasteiger partial charge in [-0.1, -0.05) is 32.6 Å². The Labute approximate surface area is 113 Å². The van der Waals surface area contributed by atoms with Gasteiger partial charge in [-0.25, -0.2) is 0 Å². The van der Waals surface area contributed by atoms with Gasteiger partial charge in [0.2, 0.25) is 0 Å². The van der Waals surface area contributed by atoms with Crippen LogP contribution in [0.15, 0.2) is 0 Å². The molecular weight excluding hydrogens is 220 g/mol. The molecule has 2 nitrogen and oxygen atoms in total. The fourth-order valence-corrected chi connectivity index (χ4v) is 4.22. The third kappa shape index (κ3) is 3.48. The average Bonchev–Trinajstić information content (AvgIpc) is 2.90. The van der Waals surface area contributed by atoms with E-state index >= 15 is 0 Å². The van der Waals surface area contributed by atoms with E-state index in [0.717, 1.165) is 30.3 Å². The van der Waals surface area contributed by atoms with Crippen molar-refractivity contribution in [3.05, 3.63) is 0 Å². The first-order chi connectivity index (χ1) is 8.74. The molecule has 2 aliphatic rings. The Morgan fingerprint density at radius 1 is 1.06 bits per heavy atom. The maximum Gasteiger partial charge on any atom is 0.0135 e. The Morgan fingerprint density at radius 2 is 1.78 bits per heavy atom. The molecular formula is C16H32N2. The van der Waals surface area contributed by atoms with Crippen molar-refractivity contribution in [2.24, 2.45) is 23.5 Å². The second kappa shape index (κ2) is 6.91. The number of rotatable bonds is 5. The lowest BCUT2D eigenvalue weighted by atomic mass is 9.76. The molecule has 18 heavy (non-hydrogen) atoms. The SMILES string of the molecule is CCC1CCC(CN)C(N(C)CC2CCCC2)C1. The number of nitrogens with two attached hydrogens (primary N) is 1. The van der Waals surface area contributed by atoms with Crippen LogP contribution in [0.2, 0.25) is 0 Å². The van der Waals surface area contributed by atoms with Crippen LogP contribution in [0.3, 0.4) is 0 Å². The van der Waals surface area contributed by atoms with Crippen LogP contribution < -0.4 is 5.73 Å². The summed E-state index contributed by atoms with van der Waals surface area (Å²) in [6.07, 6.45) is 11.3. The standard InChI is InChI=1S/C16H32N2/c1-3-13-8-9-15(11-17)16(10-13)18(2)12-14-6-4-5-7-14/h13-16H,3-12,17H2,1-2H3. The van der Waals surface area contributed by atoms with Gasteiger partial charge in [0.15, 0.2) is 0 Å². The molecule has 2 N–H and O–H groups in total. The van der Waals surface area contributed by atoms with E-state index < -0.39 is 0 Å². The van der Waals surface area contributed by atoms with Crippen LogP contribution in [0.1, 0.15) is 58.3 Å². The van der Waals surface area contributed by atoms with Gasteiger partial charge in [0, 0.05) is 12.6 Å². The van der Waals surface area contributed by atoms with E-state index in [0.29, 0.717) is 0 Å². The first kappa shape index (κ1) is 14.3. The van der Waals surface area contributed by atoms with E-state index in [1.165, 1.54) is 57.9 Å². The van der Waals surface area contributed by atoms with E-state index in [1.54, 1.807) is 0 Å². The third-order valence-electron chi connectivity index (χ3n) is 5.53. The van der Waals surface area contributed by atoms with Crippen molar-refractivity contribution in [3.8, 4) is 0 Å². The maximum atomic E-state index is 6.00. The van der Waals surface area contributed by atoms with Crippen molar-refractivity contribution < 1.29 is 0 Å². The van der Waals surface area contributed by atoms with Gasteiger partial charge in [-0.05, 0) is 57.0 Å². The van der Waals surface area contributed by atoms with E-state index in [-0.39, 0.29) is 0 Å². The molecule has 3 unspecified atom stereocenters. The Balaban J connectivity index is 1.89. The van der Waals surface area contributed by atoms with Crippen LogP contribution in [-0.4, -0.2) is 31.1 Å². The topological polar surface area (TPSA) is 29.3 Å². The molecule has 0 bridgehead atoms. The summed E-state index contributed by atoms with van der Waals surface area (Å²) in [4.78, 5) is 2.66. The van der Waals surface area contributed by atoms with Crippen molar-refractivity contribution >= 4 is 0 Å². The summed E-state index contributed by atoms with van der Waals surface area (Å²) in [5.74, 6) is 2.67. The summed E-state index contributed by atoms with van der Waals surface area (Å²) in [5.41, 5.74) is 6.00. The minimum Gasteiger partial charge on any atom is -0.330 e. The smallest absolute Gasteiger partial charge is 0.0135 e. The van der Waals surface area contributed by atoms with Crippen molar-refractivity contribution in [2.45, 2.75) is 64.3 Å². The van der Waals surface area contributed by atoms with Gasteiger partial charge in [0.25, 0.3) is 0 Å². The molecule has 0 radical (unpaired) electrons. The molecule has 2 rings (SSSR count). The van der Waals surface area contributed by atoms with Gasteiger partial charge in [-0.2, -0.15) is 0 Å². The van der Waals surface area contributed by atoms with E-state index in [9.17, 15) is 0 Å². The predicted octanol–water partition coefficient (Wildman–Crippen LogP) is 3.26. The largest absolute Gasteiger partial charge is 0.330 e. The molecule has 106 valence electrons. The van der Waals surface area contributed by atoms with Crippen molar-refractivity contribution in [3.63, 3.8) is 0 Å². The van der Waals surface area contributed by atoms with Gasteiger partial charge in [-0.3, -0.25) is 0 Å². The van der Waals surface area contributed by atoms with E-state index in [2.05, 4.69) is 18.9 Å². The Hall–Kier alpha value is -0.0800. The fraction of sp³-hybridized carbons (Fsp3) is 1.00. The lowest BCUT2D eigenvalue weighted by molar-refractivity contribution is 0.0894. The van der Waals surface area contributed by atoms with E-state index in [4.69, 9.17) is 5.73 Å². The summed E-state index contributed by atoms with van der Waals surface area (Å²) < 4.78 is 0. The van der Waals surface area contributed by atoms with Gasteiger partial charge < -0.3 is 10.6 Å². The average molecular weight is 252 g/mol. The first-order valence-electron chi connectivity index (χ1n) is 8.14. The fourth-order valence-electron chi connectivity index (χ4n) is 4.22. The molecule has 2 heteroatoms. The van der Waals surface area contributed by atoms with Crippen LogP contribution in [0.4, 0.5) is 0 Å². The predicted molar refractivity (Wildman–Crippen MR) is 78.6 cm³/mol. The quantitative estimate of drug-likeness (QED) is 0.814. The number of hydrogen-bond donors (Lipinski definition) is 1. The highest BCUT2D eigenvalue weighted by Crippen LogP contribution is 2.34. The van der Waals surface area contributed by atoms with Crippen molar-refractivity contribution in [1.29, 1.82) is 0 Å². The van der Waals surface area contributed by atoms with E-state index in [1.807, 2.05) is 0 Å². The monoisotopic (exact) mass is 252 g/mol. The van der Waals surface area contributed by atoms with Gasteiger partial charge in [0.1, 0.15) is 0 Å². The first-order valence-corrected chi connectivity index (χ1v) is 8.14. The van der Waals surface area contributed by atoms with Crippen molar-refractivity contribution in [2.75, 3.05) is 20.1 Å². The lowest BCUT2D eigenvalue weighted by Crippen LogP contribution is -2.46. The maximum absolute atomic E-state index is 6.00. The third-order valence-corrected chi connectivity index (χ3v) is 5.53. The zero-order chi connectivity index (χ0) is 13.0. The molecule has 3 atom stereocenters. The minimum atomic E-state index is 0.749. The highest BCUT2D eigenvalue weighted by molar-refractivity contribution is 4.87. The minimum absolute atomic E-state index is 0.749. The van der Waals surface area contributed by atoms with Crippen LogP contribution in [0, 0.1) is 17.8 Å². The van der Waals surface area contributed by atoms with Crippen molar-refractivity contribution in [1.82, 2.24) is 4.90 Å². The second-order valence-electron chi connectivity index (χ2n) is 6.74. The molecule has 0 heterocycles. The van der Waals surface area contributed by atoms with Crippen LogP contribution in [0.5, 0.6) is 0 Å². The van der Waals surface area contributed by atoms with Crippen LogP contribution >= 0.6 is 0 Å². The molecule has 0 aromatic rings. The number of nitrogens with zero attached hydrogens (tertiary/aromatic N) is 1. The molecule has 0 aromatic carbocycles. The van der Waals surface area contributed by atoms with Crippen LogP contribution in [0.25, 0.3) is 0 Å². The molecule has 0 amide bonds. The molecule has 2 fully saturated rings. The summed E-state index contributed by atoms with van der Waals surface area (Å²) in [5, 5.41) is 0. The Morgan fingerprint density at radius 3 is 2.39 bits per heavy atom. The van der Waals surface area contributed by atoms with Gasteiger partial charge in [0.05, 0.1) is 0 Å². The summed E-state index contributed by atoms with van der Waals surface area (Å²) in [6.45, 7) is 4.55. The molecule has 0 spiro atoms. The molecule has 2 aliphatic carbocycles. The zero-order valence-corrected chi connectivity index (χ0v) is 12.4. The molecule has 0 saturated heterocycles. The van der Waals surface area contributed by atoms with Crippen LogP contribution in [-0.2, 0) is 0 Å². The molecule has 0 aliphatic heterocycles. The van der Waals surface area contributed by atoms with Gasteiger partial charge >= 0.3 is 0 Å². The number of hydrogen-bond acceptors (Lipinski definition) is 2. The lowest BCUT2D eigenvalue weighted by Gasteiger charge is -2.41. The summed E-state index contributed by atoms with van der Waals surface area (Å²) in [7, 11) is 2.35. The highest BCUT2D eigenvalue weighted by atomic mass is 15.1. The summed E-state index contributed by atoms with van der Waals surface area (Å²) in [6, 6.07) is 0.759. The summed E-state index contributed by atoms with van der Waals surface area (Å²) >= 11 is 0. The molecule has 0 aromatic heterocycles. The van der Waals surface area contributed by atoms with Gasteiger partial charge in [-0.15, -0.1) is 0 Å². The second-order valence-corrected chi connectivity index (χ2v) is 6.74. The Bertz CT molecular complexity index is 235. The molecule has 2 saturated carbocycles.